The lowest BCUT2D eigenvalue weighted by Crippen LogP contribution is -2.42. The normalized spacial score (nSPS) is 18.7. The molecule has 1 amide bonds. The van der Waals surface area contributed by atoms with Crippen molar-refractivity contribution in [3.63, 3.8) is 0 Å². The second-order valence-electron chi connectivity index (χ2n) is 4.99. The fourth-order valence-electron chi connectivity index (χ4n) is 2.44. The molecule has 0 spiro atoms. The maximum atomic E-state index is 12.5. The van der Waals surface area contributed by atoms with E-state index in [0.717, 1.165) is 5.56 Å². The zero-order valence-electron chi connectivity index (χ0n) is 11.7. The quantitative estimate of drug-likeness (QED) is 0.855. The molecule has 0 bridgehead atoms. The van der Waals surface area contributed by atoms with Crippen LogP contribution in [-0.2, 0) is 4.74 Å². The zero-order valence-corrected chi connectivity index (χ0v) is 11.7. The molecule has 0 aromatic carbocycles. The van der Waals surface area contributed by atoms with Crippen LogP contribution in [0.3, 0.4) is 0 Å². The number of morpholine rings is 1. The van der Waals surface area contributed by atoms with E-state index in [-0.39, 0.29) is 18.0 Å². The van der Waals surface area contributed by atoms with Crippen LogP contribution in [0.4, 0.5) is 5.95 Å². The molecule has 110 valence electrons. The van der Waals surface area contributed by atoms with E-state index in [9.17, 15) is 4.79 Å². The Hall–Kier alpha value is -2.41. The maximum absolute atomic E-state index is 12.5. The summed E-state index contributed by atoms with van der Waals surface area (Å²) in [4.78, 5) is 25.3. The van der Waals surface area contributed by atoms with Crippen LogP contribution in [0.25, 0.3) is 0 Å². The van der Waals surface area contributed by atoms with Crippen molar-refractivity contribution in [3.05, 3.63) is 41.5 Å². The molecular formula is C14H17N5O2. The molecule has 3 rings (SSSR count). The monoisotopic (exact) mass is 287 g/mol. The van der Waals surface area contributed by atoms with Gasteiger partial charge in [-0.3, -0.25) is 9.78 Å². The molecule has 1 saturated heterocycles. The Morgan fingerprint density at radius 2 is 2.43 bits per heavy atom. The van der Waals surface area contributed by atoms with E-state index in [1.165, 1.54) is 0 Å². The molecule has 1 atom stereocenters. The first-order valence-corrected chi connectivity index (χ1v) is 6.78. The highest BCUT2D eigenvalue weighted by Crippen LogP contribution is 2.22. The van der Waals surface area contributed by atoms with Crippen molar-refractivity contribution >= 4 is 11.9 Å². The smallest absolute Gasteiger partial charge is 0.274 e. The number of carbonyl (C=O) groups is 1. The van der Waals surface area contributed by atoms with Crippen molar-refractivity contribution in [2.24, 2.45) is 0 Å². The van der Waals surface area contributed by atoms with Gasteiger partial charge in [0.15, 0.2) is 11.6 Å². The molecule has 7 heteroatoms. The van der Waals surface area contributed by atoms with E-state index in [4.69, 9.17) is 10.5 Å². The van der Waals surface area contributed by atoms with E-state index in [1.54, 1.807) is 24.2 Å². The van der Waals surface area contributed by atoms with Crippen LogP contribution in [0.2, 0.25) is 0 Å². The molecule has 1 fully saturated rings. The van der Waals surface area contributed by atoms with Crippen LogP contribution in [-0.4, -0.2) is 45.5 Å². The number of nitrogens with zero attached hydrogens (tertiary/aromatic N) is 3. The number of imidazole rings is 1. The lowest BCUT2D eigenvalue weighted by molar-refractivity contribution is -0.0231. The van der Waals surface area contributed by atoms with Crippen LogP contribution in [0.5, 0.6) is 0 Å². The molecule has 21 heavy (non-hydrogen) atoms. The Balaban J connectivity index is 1.77. The summed E-state index contributed by atoms with van der Waals surface area (Å²) in [5, 5.41) is 0. The number of hydrogen-bond acceptors (Lipinski definition) is 5. The van der Waals surface area contributed by atoms with Gasteiger partial charge in [-0.1, -0.05) is 6.07 Å². The van der Waals surface area contributed by atoms with Gasteiger partial charge in [-0.15, -0.1) is 0 Å². The van der Waals surface area contributed by atoms with E-state index < -0.39 is 0 Å². The van der Waals surface area contributed by atoms with Crippen LogP contribution in [0, 0.1) is 6.92 Å². The number of nitrogens with one attached hydrogen (secondary N) is 1. The average Bonchev–Trinajstić information content (AvgIpc) is 2.86. The Kier molecular flexibility index (Phi) is 3.57. The zero-order chi connectivity index (χ0) is 14.8. The number of hydrogen-bond donors (Lipinski definition) is 2. The van der Waals surface area contributed by atoms with Crippen molar-refractivity contribution < 1.29 is 9.53 Å². The fourth-order valence-corrected chi connectivity index (χ4v) is 2.44. The highest BCUT2D eigenvalue weighted by Gasteiger charge is 2.28. The molecule has 2 aromatic rings. The number of aryl methyl sites for hydroxylation is 1. The van der Waals surface area contributed by atoms with Crippen LogP contribution >= 0.6 is 0 Å². The highest BCUT2D eigenvalue weighted by atomic mass is 16.5. The predicted molar refractivity (Wildman–Crippen MR) is 76.6 cm³/mol. The fraction of sp³-hybridized carbons (Fsp3) is 0.357. The standard InChI is InChI=1S/C14H17N5O2/c1-9-12(18-14(15)17-9)13(20)19-5-6-21-11(8-19)10-3-2-4-16-7-10/h2-4,7,11H,5-6,8H2,1H3,(H3,15,17,18). The number of carbonyl (C=O) groups excluding carboxylic acids is 1. The second kappa shape index (κ2) is 5.53. The molecule has 0 radical (unpaired) electrons. The number of ether oxygens (including phenoxy) is 1. The minimum Gasteiger partial charge on any atom is -0.370 e. The Morgan fingerprint density at radius 1 is 1.57 bits per heavy atom. The third-order valence-electron chi connectivity index (χ3n) is 3.52. The number of anilines is 1. The van der Waals surface area contributed by atoms with Gasteiger partial charge in [0, 0.05) is 30.2 Å². The van der Waals surface area contributed by atoms with E-state index in [1.807, 2.05) is 12.1 Å². The Morgan fingerprint density at radius 3 is 3.10 bits per heavy atom. The minimum atomic E-state index is -0.159. The summed E-state index contributed by atoms with van der Waals surface area (Å²) in [6, 6.07) is 3.81. The summed E-state index contributed by atoms with van der Waals surface area (Å²) in [6.45, 7) is 3.30. The largest absolute Gasteiger partial charge is 0.370 e. The number of nitrogens with two attached hydrogens (primary N) is 1. The van der Waals surface area contributed by atoms with Crippen molar-refractivity contribution in [1.82, 2.24) is 19.9 Å². The third-order valence-corrected chi connectivity index (χ3v) is 3.52. The molecule has 2 aromatic heterocycles. The SMILES string of the molecule is Cc1[nH]c(N)nc1C(=O)N1CCOC(c2cccnc2)C1. The molecule has 0 saturated carbocycles. The molecule has 3 heterocycles. The predicted octanol–water partition coefficient (Wildman–Crippen LogP) is 0.909. The van der Waals surface area contributed by atoms with Gasteiger partial charge in [0.25, 0.3) is 5.91 Å². The number of nitrogen functional groups attached to an aromatic ring is 1. The maximum Gasteiger partial charge on any atom is 0.274 e. The first-order valence-electron chi connectivity index (χ1n) is 6.78. The number of aromatic nitrogens is 3. The molecule has 7 nitrogen and oxygen atoms in total. The van der Waals surface area contributed by atoms with Crippen molar-refractivity contribution in [3.8, 4) is 0 Å². The number of amides is 1. The van der Waals surface area contributed by atoms with Crippen LogP contribution in [0.15, 0.2) is 24.5 Å². The minimum absolute atomic E-state index is 0.127. The van der Waals surface area contributed by atoms with Gasteiger partial charge in [0.2, 0.25) is 0 Å². The highest BCUT2D eigenvalue weighted by molar-refractivity contribution is 5.94. The molecule has 3 N–H and O–H groups in total. The summed E-state index contributed by atoms with van der Waals surface area (Å²) in [6.07, 6.45) is 3.31. The second-order valence-corrected chi connectivity index (χ2v) is 4.99. The number of aromatic amines is 1. The summed E-state index contributed by atoms with van der Waals surface area (Å²) in [5.41, 5.74) is 7.62. The number of pyridine rings is 1. The molecule has 1 aliphatic rings. The number of H-pyrrole nitrogens is 1. The lowest BCUT2D eigenvalue weighted by Gasteiger charge is -2.32. The van der Waals surface area contributed by atoms with Gasteiger partial charge < -0.3 is 20.4 Å². The van der Waals surface area contributed by atoms with Gasteiger partial charge in [-0.25, -0.2) is 4.98 Å². The molecular weight excluding hydrogens is 270 g/mol. The summed E-state index contributed by atoms with van der Waals surface area (Å²) in [7, 11) is 0. The van der Waals surface area contributed by atoms with Crippen molar-refractivity contribution in [2.45, 2.75) is 13.0 Å². The third kappa shape index (κ3) is 2.73. The Labute approximate surface area is 122 Å². The van der Waals surface area contributed by atoms with Crippen LogP contribution in [0.1, 0.15) is 27.8 Å². The summed E-state index contributed by atoms with van der Waals surface area (Å²) >= 11 is 0. The molecule has 1 aliphatic heterocycles. The van der Waals surface area contributed by atoms with Gasteiger partial charge in [-0.05, 0) is 13.0 Å². The topological polar surface area (TPSA) is 97.1 Å². The van der Waals surface area contributed by atoms with Gasteiger partial charge in [-0.2, -0.15) is 0 Å². The van der Waals surface area contributed by atoms with Gasteiger partial charge in [0.1, 0.15) is 6.10 Å². The van der Waals surface area contributed by atoms with E-state index in [2.05, 4.69) is 15.0 Å². The average molecular weight is 287 g/mol. The van der Waals surface area contributed by atoms with Crippen molar-refractivity contribution in [1.29, 1.82) is 0 Å². The lowest BCUT2D eigenvalue weighted by atomic mass is 10.1. The van der Waals surface area contributed by atoms with E-state index >= 15 is 0 Å². The van der Waals surface area contributed by atoms with Crippen molar-refractivity contribution in [2.75, 3.05) is 25.4 Å². The van der Waals surface area contributed by atoms with Gasteiger partial charge in [0.05, 0.1) is 13.2 Å². The summed E-state index contributed by atoms with van der Waals surface area (Å²) in [5.74, 6) is 0.130. The first kappa shape index (κ1) is 13.6. The Bertz CT molecular complexity index is 640. The summed E-state index contributed by atoms with van der Waals surface area (Å²) < 4.78 is 5.73. The molecule has 1 unspecified atom stereocenters. The first-order chi connectivity index (χ1) is 10.1. The van der Waals surface area contributed by atoms with E-state index in [0.29, 0.717) is 31.1 Å². The van der Waals surface area contributed by atoms with Gasteiger partial charge >= 0.3 is 0 Å². The number of rotatable bonds is 2. The van der Waals surface area contributed by atoms with Crippen LogP contribution < -0.4 is 5.73 Å². The molecule has 0 aliphatic carbocycles.